The molecule has 1 N–H and O–H groups in total. The van der Waals surface area contributed by atoms with Crippen LogP contribution in [0.4, 0.5) is 8.78 Å². The molecular weight excluding hydrogens is 246 g/mol. The topological polar surface area (TPSA) is 15.3 Å². The van der Waals surface area contributed by atoms with E-state index in [-0.39, 0.29) is 6.04 Å². The maximum absolute atomic E-state index is 13.8. The molecule has 2 nitrogen and oxygen atoms in total. The molecule has 0 saturated carbocycles. The molecule has 0 bridgehead atoms. The van der Waals surface area contributed by atoms with E-state index in [2.05, 4.69) is 10.2 Å². The molecule has 19 heavy (non-hydrogen) atoms. The Labute approximate surface area is 113 Å². The number of benzene rings is 1. The zero-order chi connectivity index (χ0) is 13.8. The maximum atomic E-state index is 13.8. The summed E-state index contributed by atoms with van der Waals surface area (Å²) in [5.74, 6) is -0.971. The van der Waals surface area contributed by atoms with Crippen LogP contribution in [-0.2, 0) is 0 Å². The van der Waals surface area contributed by atoms with E-state index in [0.29, 0.717) is 11.6 Å². The largest absolute Gasteiger partial charge is 0.317 e. The second-order valence-corrected chi connectivity index (χ2v) is 5.34. The third-order valence-electron chi connectivity index (χ3n) is 4.14. The third-order valence-corrected chi connectivity index (χ3v) is 4.14. The van der Waals surface area contributed by atoms with E-state index in [0.717, 1.165) is 38.4 Å². The Morgan fingerprint density at radius 1 is 1.26 bits per heavy atom. The molecule has 4 heteroatoms. The standard InChI is InChI=1S/C15H22F2N2/c1-11(14-6-5-12(16)10-15(14)17)19(2)13-4-3-8-18-9-7-13/h5-6,10-11,13,18H,3-4,7-9H2,1-2H3. The van der Waals surface area contributed by atoms with Crippen molar-refractivity contribution in [3.8, 4) is 0 Å². The minimum Gasteiger partial charge on any atom is -0.317 e. The lowest BCUT2D eigenvalue weighted by Crippen LogP contribution is -2.35. The summed E-state index contributed by atoms with van der Waals surface area (Å²) in [6.07, 6.45) is 3.34. The molecule has 0 radical (unpaired) electrons. The fraction of sp³-hybridized carbons (Fsp3) is 0.600. The van der Waals surface area contributed by atoms with E-state index in [1.807, 2.05) is 14.0 Å². The van der Waals surface area contributed by atoms with Gasteiger partial charge in [-0.1, -0.05) is 6.07 Å². The van der Waals surface area contributed by atoms with Crippen LogP contribution in [0, 0.1) is 11.6 Å². The van der Waals surface area contributed by atoms with Crippen LogP contribution < -0.4 is 5.32 Å². The van der Waals surface area contributed by atoms with E-state index < -0.39 is 11.6 Å². The van der Waals surface area contributed by atoms with Gasteiger partial charge in [-0.25, -0.2) is 8.78 Å². The van der Waals surface area contributed by atoms with Crippen LogP contribution in [0.2, 0.25) is 0 Å². The van der Waals surface area contributed by atoms with Crippen LogP contribution in [0.1, 0.15) is 37.8 Å². The second-order valence-electron chi connectivity index (χ2n) is 5.34. The van der Waals surface area contributed by atoms with Crippen molar-refractivity contribution < 1.29 is 8.78 Å². The van der Waals surface area contributed by atoms with Crippen LogP contribution in [0.5, 0.6) is 0 Å². The SMILES string of the molecule is CC(c1ccc(F)cc1F)N(C)C1CCCNCC1. The average molecular weight is 268 g/mol. The van der Waals surface area contributed by atoms with Crippen molar-refractivity contribution in [2.75, 3.05) is 20.1 Å². The molecule has 0 amide bonds. The summed E-state index contributed by atoms with van der Waals surface area (Å²) < 4.78 is 26.8. The minimum atomic E-state index is -0.519. The fourth-order valence-corrected chi connectivity index (χ4v) is 2.78. The van der Waals surface area contributed by atoms with Gasteiger partial charge in [0.1, 0.15) is 11.6 Å². The van der Waals surface area contributed by atoms with Crippen LogP contribution in [0.25, 0.3) is 0 Å². The lowest BCUT2D eigenvalue weighted by atomic mass is 10.0. The van der Waals surface area contributed by atoms with Gasteiger partial charge in [-0.05, 0) is 52.4 Å². The highest BCUT2D eigenvalue weighted by Crippen LogP contribution is 2.26. The highest BCUT2D eigenvalue weighted by atomic mass is 19.1. The van der Waals surface area contributed by atoms with E-state index in [1.165, 1.54) is 6.07 Å². The summed E-state index contributed by atoms with van der Waals surface area (Å²) in [4.78, 5) is 2.21. The van der Waals surface area contributed by atoms with E-state index in [9.17, 15) is 8.78 Å². The quantitative estimate of drug-likeness (QED) is 0.906. The number of hydrogen-bond acceptors (Lipinski definition) is 2. The smallest absolute Gasteiger partial charge is 0.130 e. The summed E-state index contributed by atoms with van der Waals surface area (Å²) in [6.45, 7) is 4.05. The molecule has 106 valence electrons. The normalized spacial score (nSPS) is 22.3. The van der Waals surface area contributed by atoms with Crippen molar-refractivity contribution in [2.24, 2.45) is 0 Å². The number of nitrogens with one attached hydrogen (secondary N) is 1. The molecular formula is C15H22F2N2. The molecule has 0 aromatic heterocycles. The zero-order valence-corrected chi connectivity index (χ0v) is 11.6. The van der Waals surface area contributed by atoms with Crippen molar-refractivity contribution in [1.29, 1.82) is 0 Å². The summed E-state index contributed by atoms with van der Waals surface area (Å²) in [6, 6.07) is 4.27. The van der Waals surface area contributed by atoms with Crippen molar-refractivity contribution in [1.82, 2.24) is 10.2 Å². The zero-order valence-electron chi connectivity index (χ0n) is 11.6. The monoisotopic (exact) mass is 268 g/mol. The van der Waals surface area contributed by atoms with Gasteiger partial charge in [0.2, 0.25) is 0 Å². The van der Waals surface area contributed by atoms with E-state index in [1.54, 1.807) is 6.07 Å². The Morgan fingerprint density at radius 2 is 2.05 bits per heavy atom. The maximum Gasteiger partial charge on any atom is 0.130 e. The van der Waals surface area contributed by atoms with Gasteiger partial charge in [-0.3, -0.25) is 4.90 Å². The number of nitrogens with zero attached hydrogens (tertiary/aromatic N) is 1. The third kappa shape index (κ3) is 3.51. The van der Waals surface area contributed by atoms with Gasteiger partial charge in [0, 0.05) is 23.7 Å². The predicted molar refractivity (Wildman–Crippen MR) is 73.0 cm³/mol. The summed E-state index contributed by atoms with van der Waals surface area (Å²) in [5.41, 5.74) is 0.570. The van der Waals surface area contributed by atoms with Gasteiger partial charge in [0.15, 0.2) is 0 Å². The van der Waals surface area contributed by atoms with Crippen molar-refractivity contribution in [3.05, 3.63) is 35.4 Å². The molecule has 2 rings (SSSR count). The molecule has 1 aromatic rings. The predicted octanol–water partition coefficient (Wildman–Crippen LogP) is 3.10. The summed E-state index contributed by atoms with van der Waals surface area (Å²) in [5, 5.41) is 3.38. The average Bonchev–Trinajstić information content (AvgIpc) is 2.66. The summed E-state index contributed by atoms with van der Waals surface area (Å²) in [7, 11) is 2.03. The lowest BCUT2D eigenvalue weighted by molar-refractivity contribution is 0.168. The first-order valence-corrected chi connectivity index (χ1v) is 6.97. The Morgan fingerprint density at radius 3 is 2.79 bits per heavy atom. The molecule has 1 saturated heterocycles. The van der Waals surface area contributed by atoms with Crippen LogP contribution in [0.3, 0.4) is 0 Å². The van der Waals surface area contributed by atoms with Crippen molar-refractivity contribution >= 4 is 0 Å². The lowest BCUT2D eigenvalue weighted by Gasteiger charge is -2.33. The first-order valence-electron chi connectivity index (χ1n) is 6.97. The number of halogens is 2. The number of hydrogen-bond donors (Lipinski definition) is 1. The van der Waals surface area contributed by atoms with Crippen molar-refractivity contribution in [3.63, 3.8) is 0 Å². The first-order chi connectivity index (χ1) is 9.09. The van der Waals surface area contributed by atoms with Gasteiger partial charge >= 0.3 is 0 Å². The van der Waals surface area contributed by atoms with Gasteiger partial charge in [0.25, 0.3) is 0 Å². The molecule has 1 aliphatic heterocycles. The molecule has 1 aromatic carbocycles. The van der Waals surface area contributed by atoms with Crippen molar-refractivity contribution in [2.45, 2.75) is 38.3 Å². The molecule has 1 heterocycles. The number of rotatable bonds is 3. The van der Waals surface area contributed by atoms with E-state index in [4.69, 9.17) is 0 Å². The Hall–Kier alpha value is -1.00. The molecule has 2 unspecified atom stereocenters. The molecule has 2 atom stereocenters. The molecule has 1 fully saturated rings. The Bertz CT molecular complexity index is 415. The van der Waals surface area contributed by atoms with Gasteiger partial charge in [-0.15, -0.1) is 0 Å². The minimum absolute atomic E-state index is 0.0382. The molecule has 1 aliphatic rings. The summed E-state index contributed by atoms with van der Waals surface area (Å²) >= 11 is 0. The van der Waals surface area contributed by atoms with E-state index >= 15 is 0 Å². The Kier molecular flexibility index (Phi) is 4.88. The van der Waals surface area contributed by atoms with Gasteiger partial charge in [0.05, 0.1) is 0 Å². The van der Waals surface area contributed by atoms with Gasteiger partial charge < -0.3 is 5.32 Å². The van der Waals surface area contributed by atoms with Crippen LogP contribution >= 0.6 is 0 Å². The Balaban J connectivity index is 2.10. The highest BCUT2D eigenvalue weighted by molar-refractivity contribution is 5.21. The molecule has 0 aliphatic carbocycles. The van der Waals surface area contributed by atoms with Crippen LogP contribution in [0.15, 0.2) is 18.2 Å². The fourth-order valence-electron chi connectivity index (χ4n) is 2.78. The van der Waals surface area contributed by atoms with Crippen LogP contribution in [-0.4, -0.2) is 31.1 Å². The highest BCUT2D eigenvalue weighted by Gasteiger charge is 2.23. The van der Waals surface area contributed by atoms with Gasteiger partial charge in [-0.2, -0.15) is 0 Å². The second kappa shape index (κ2) is 6.44. The molecule has 0 spiro atoms. The first kappa shape index (κ1) is 14.4.